The van der Waals surface area contributed by atoms with Gasteiger partial charge >= 0.3 is 0 Å². The molecule has 1 heterocycles. The van der Waals surface area contributed by atoms with Crippen LogP contribution in [0.5, 0.6) is 0 Å². The van der Waals surface area contributed by atoms with Crippen molar-refractivity contribution in [3.05, 3.63) is 50.2 Å². The molecule has 2 amide bonds. The molecule has 122 valence electrons. The van der Waals surface area contributed by atoms with E-state index in [1.54, 1.807) is 18.2 Å². The molecule has 0 spiro atoms. The van der Waals surface area contributed by atoms with E-state index < -0.39 is 0 Å². The topological polar surface area (TPSA) is 58.2 Å². The number of carbonyl (C=O) groups excluding carboxylic acids is 2. The van der Waals surface area contributed by atoms with Crippen LogP contribution in [-0.2, 0) is 0 Å². The summed E-state index contributed by atoms with van der Waals surface area (Å²) in [5.41, 5.74) is 1.96. The lowest BCUT2D eigenvalue weighted by molar-refractivity contribution is 0.0942. The number of anilines is 1. The van der Waals surface area contributed by atoms with Crippen LogP contribution in [-0.4, -0.2) is 17.9 Å². The normalized spacial score (nSPS) is 10.7. The molecule has 0 radical (unpaired) electrons. The van der Waals surface area contributed by atoms with Crippen LogP contribution in [0.3, 0.4) is 0 Å². The van der Waals surface area contributed by atoms with Crippen molar-refractivity contribution in [2.24, 2.45) is 0 Å². The monoisotopic (exact) mass is 350 g/mol. The van der Waals surface area contributed by atoms with Gasteiger partial charge in [-0.3, -0.25) is 9.59 Å². The van der Waals surface area contributed by atoms with Crippen LogP contribution in [0.4, 0.5) is 5.69 Å². The van der Waals surface area contributed by atoms with Crippen molar-refractivity contribution in [2.75, 3.05) is 5.32 Å². The predicted octanol–water partition coefficient (Wildman–Crippen LogP) is 4.41. The van der Waals surface area contributed by atoms with Crippen LogP contribution >= 0.6 is 22.9 Å². The van der Waals surface area contributed by atoms with E-state index in [4.69, 9.17) is 11.6 Å². The Balaban J connectivity index is 2.22. The molecule has 23 heavy (non-hydrogen) atoms. The van der Waals surface area contributed by atoms with E-state index in [-0.39, 0.29) is 17.9 Å². The molecule has 2 rings (SSSR count). The van der Waals surface area contributed by atoms with Crippen LogP contribution in [0.15, 0.2) is 24.3 Å². The average Bonchev–Trinajstić information content (AvgIpc) is 2.80. The zero-order valence-corrected chi connectivity index (χ0v) is 15.1. The zero-order chi connectivity index (χ0) is 17.1. The summed E-state index contributed by atoms with van der Waals surface area (Å²) in [5, 5.41) is 5.98. The number of amides is 2. The maximum Gasteiger partial charge on any atom is 0.265 e. The van der Waals surface area contributed by atoms with Crippen LogP contribution in [0.25, 0.3) is 0 Å². The van der Waals surface area contributed by atoms with Gasteiger partial charge in [0.05, 0.1) is 15.6 Å². The van der Waals surface area contributed by atoms with Crippen molar-refractivity contribution in [1.82, 2.24) is 5.32 Å². The van der Waals surface area contributed by atoms with Crippen molar-refractivity contribution in [2.45, 2.75) is 33.7 Å². The highest BCUT2D eigenvalue weighted by Crippen LogP contribution is 2.26. The van der Waals surface area contributed by atoms with E-state index in [2.05, 4.69) is 10.6 Å². The van der Waals surface area contributed by atoms with E-state index in [0.717, 1.165) is 10.4 Å². The molecule has 0 aliphatic carbocycles. The molecule has 0 aliphatic rings. The molecule has 0 unspecified atom stereocenters. The summed E-state index contributed by atoms with van der Waals surface area (Å²) in [6, 6.07) is 6.71. The Bertz CT molecular complexity index is 734. The minimum absolute atomic E-state index is 0.0355. The second-order valence-corrected chi connectivity index (χ2v) is 7.29. The maximum atomic E-state index is 12.3. The molecule has 0 atom stereocenters. The second-order valence-electron chi connectivity index (χ2n) is 5.63. The highest BCUT2D eigenvalue weighted by Gasteiger charge is 2.14. The van der Waals surface area contributed by atoms with Gasteiger partial charge in [-0.1, -0.05) is 11.6 Å². The first-order valence-electron chi connectivity index (χ1n) is 7.26. The van der Waals surface area contributed by atoms with Gasteiger partial charge in [0.25, 0.3) is 11.8 Å². The standard InChI is InChI=1S/C17H19ClN2O2S/c1-9(2)19-16(21)12-5-6-13(18)14(8-12)20-17(22)15-7-10(3)11(4)23-15/h5-9H,1-4H3,(H,19,21)(H,20,22). The molecule has 4 nitrogen and oxygen atoms in total. The van der Waals surface area contributed by atoms with Crippen LogP contribution in [0.2, 0.25) is 5.02 Å². The van der Waals surface area contributed by atoms with Gasteiger partial charge in [-0.15, -0.1) is 11.3 Å². The van der Waals surface area contributed by atoms with Crippen LogP contribution in [0.1, 0.15) is 44.3 Å². The zero-order valence-electron chi connectivity index (χ0n) is 13.5. The van der Waals surface area contributed by atoms with Gasteiger partial charge in [-0.05, 0) is 57.5 Å². The van der Waals surface area contributed by atoms with E-state index in [1.165, 1.54) is 11.3 Å². The van der Waals surface area contributed by atoms with Crippen molar-refractivity contribution in [1.29, 1.82) is 0 Å². The summed E-state index contributed by atoms with van der Waals surface area (Å²) < 4.78 is 0. The summed E-state index contributed by atoms with van der Waals surface area (Å²) in [7, 11) is 0. The first-order valence-corrected chi connectivity index (χ1v) is 8.46. The Morgan fingerprint density at radius 2 is 1.83 bits per heavy atom. The summed E-state index contributed by atoms with van der Waals surface area (Å²) in [4.78, 5) is 26.1. The third-order valence-corrected chi connectivity index (χ3v) is 4.77. The summed E-state index contributed by atoms with van der Waals surface area (Å²) in [5.74, 6) is -0.426. The van der Waals surface area contributed by atoms with Gasteiger partial charge in [0.2, 0.25) is 0 Å². The number of halogens is 1. The summed E-state index contributed by atoms with van der Waals surface area (Å²) in [6.45, 7) is 7.71. The molecule has 0 aliphatic heterocycles. The number of hydrogen-bond acceptors (Lipinski definition) is 3. The molecule has 0 fully saturated rings. The molecule has 0 bridgehead atoms. The Kier molecular flexibility index (Phi) is 5.44. The quantitative estimate of drug-likeness (QED) is 0.858. The number of aryl methyl sites for hydroxylation is 2. The molecule has 2 N–H and O–H groups in total. The molecule has 1 aromatic carbocycles. The molecular weight excluding hydrogens is 332 g/mol. The van der Waals surface area contributed by atoms with Crippen molar-refractivity contribution in [3.8, 4) is 0 Å². The van der Waals surface area contributed by atoms with E-state index in [9.17, 15) is 9.59 Å². The molecular formula is C17H19ClN2O2S. The third kappa shape index (κ3) is 4.33. The number of carbonyl (C=O) groups is 2. The number of rotatable bonds is 4. The van der Waals surface area contributed by atoms with E-state index in [1.807, 2.05) is 33.8 Å². The number of nitrogens with one attached hydrogen (secondary N) is 2. The Morgan fingerprint density at radius 3 is 2.39 bits per heavy atom. The van der Waals surface area contributed by atoms with Crippen molar-refractivity contribution in [3.63, 3.8) is 0 Å². The first kappa shape index (κ1) is 17.5. The van der Waals surface area contributed by atoms with Gasteiger partial charge in [0.15, 0.2) is 0 Å². The van der Waals surface area contributed by atoms with Gasteiger partial charge < -0.3 is 10.6 Å². The van der Waals surface area contributed by atoms with Crippen molar-refractivity contribution >= 4 is 40.4 Å². The van der Waals surface area contributed by atoms with Gasteiger partial charge in [0.1, 0.15) is 0 Å². The first-order chi connectivity index (χ1) is 10.8. The molecule has 2 aromatic rings. The minimum atomic E-state index is -0.227. The Morgan fingerprint density at radius 1 is 1.13 bits per heavy atom. The highest BCUT2D eigenvalue weighted by atomic mass is 35.5. The van der Waals surface area contributed by atoms with Crippen molar-refractivity contribution < 1.29 is 9.59 Å². The SMILES string of the molecule is Cc1cc(C(=O)Nc2cc(C(=O)NC(C)C)ccc2Cl)sc1C. The van der Waals surface area contributed by atoms with Gasteiger partial charge in [0, 0.05) is 16.5 Å². The van der Waals surface area contributed by atoms with Gasteiger partial charge in [-0.25, -0.2) is 0 Å². The smallest absolute Gasteiger partial charge is 0.265 e. The van der Waals surface area contributed by atoms with E-state index in [0.29, 0.717) is 21.2 Å². The van der Waals surface area contributed by atoms with E-state index >= 15 is 0 Å². The Labute approximate surface area is 144 Å². The minimum Gasteiger partial charge on any atom is -0.350 e. The lowest BCUT2D eigenvalue weighted by atomic mass is 10.1. The van der Waals surface area contributed by atoms with Crippen LogP contribution in [0, 0.1) is 13.8 Å². The molecule has 1 aromatic heterocycles. The van der Waals surface area contributed by atoms with Crippen LogP contribution < -0.4 is 10.6 Å². The average molecular weight is 351 g/mol. The lowest BCUT2D eigenvalue weighted by Gasteiger charge is -2.11. The van der Waals surface area contributed by atoms with Gasteiger partial charge in [-0.2, -0.15) is 0 Å². The highest BCUT2D eigenvalue weighted by molar-refractivity contribution is 7.14. The second kappa shape index (κ2) is 7.15. The summed E-state index contributed by atoms with van der Waals surface area (Å²) >= 11 is 7.56. The fraction of sp³-hybridized carbons (Fsp3) is 0.294. The third-order valence-electron chi connectivity index (χ3n) is 3.29. The fourth-order valence-corrected chi connectivity index (χ4v) is 3.07. The lowest BCUT2D eigenvalue weighted by Crippen LogP contribution is -2.30. The number of benzene rings is 1. The molecule has 0 saturated heterocycles. The largest absolute Gasteiger partial charge is 0.350 e. The number of thiophene rings is 1. The molecule has 0 saturated carbocycles. The number of hydrogen-bond donors (Lipinski definition) is 2. The Hall–Kier alpha value is -1.85. The maximum absolute atomic E-state index is 12.3. The molecule has 6 heteroatoms. The summed E-state index contributed by atoms with van der Waals surface area (Å²) in [6.07, 6.45) is 0. The predicted molar refractivity (Wildman–Crippen MR) is 95.8 cm³/mol. The fourth-order valence-electron chi connectivity index (χ4n) is 1.98.